The molecule has 0 aromatic rings. The Labute approximate surface area is 146 Å². The summed E-state index contributed by atoms with van der Waals surface area (Å²) in [7, 11) is 0. The lowest BCUT2D eigenvalue weighted by Gasteiger charge is -2.59. The molecule has 4 saturated carbocycles. The third-order valence-corrected chi connectivity index (χ3v) is 9.90. The van der Waals surface area contributed by atoms with Crippen LogP contribution in [0, 0.1) is 28.6 Å². The zero-order chi connectivity index (χ0) is 17.0. The minimum absolute atomic E-state index is 0.0687. The van der Waals surface area contributed by atoms with Gasteiger partial charge < -0.3 is 14.9 Å². The lowest BCUT2D eigenvalue weighted by atomic mass is 9.44. The Bertz CT molecular complexity index is 563. The summed E-state index contributed by atoms with van der Waals surface area (Å²) in [6.45, 7) is 6.80. The van der Waals surface area contributed by atoms with Crippen LogP contribution < -0.4 is 0 Å². The minimum Gasteiger partial charge on any atom is -0.390 e. The van der Waals surface area contributed by atoms with E-state index in [9.17, 15) is 10.2 Å². The van der Waals surface area contributed by atoms with Gasteiger partial charge in [-0.05, 0) is 62.7 Å². The van der Waals surface area contributed by atoms with Crippen LogP contribution in [0.15, 0.2) is 0 Å². The van der Waals surface area contributed by atoms with Crippen LogP contribution in [0.25, 0.3) is 0 Å². The lowest BCUT2D eigenvalue weighted by Crippen LogP contribution is -2.62. The quantitative estimate of drug-likeness (QED) is 0.720. The summed E-state index contributed by atoms with van der Waals surface area (Å²) < 4.78 is 6.62. The molecule has 1 saturated heterocycles. The zero-order valence-corrected chi connectivity index (χ0v) is 15.6. The Balaban J connectivity index is 1.57. The fourth-order valence-corrected chi connectivity index (χ4v) is 8.48. The molecular formula is C21H34O3. The number of hydrogen-bond donors (Lipinski definition) is 2. The molecule has 3 unspecified atom stereocenters. The molecule has 5 rings (SSSR count). The van der Waals surface area contributed by atoms with Crippen LogP contribution in [0.2, 0.25) is 0 Å². The number of aliphatic hydroxyl groups is 2. The molecular weight excluding hydrogens is 300 g/mol. The van der Waals surface area contributed by atoms with Gasteiger partial charge in [-0.2, -0.15) is 0 Å². The zero-order valence-electron chi connectivity index (χ0n) is 15.6. The SMILES string of the molecule is CC[C@@]1(O)C(O)C[C@H]2[C@@H]3CCC4CCCC[C@]4(C)[C@]34OC4C[C@@]21C. The largest absolute Gasteiger partial charge is 0.390 e. The molecule has 1 aliphatic heterocycles. The van der Waals surface area contributed by atoms with Crippen LogP contribution in [0.3, 0.4) is 0 Å². The van der Waals surface area contributed by atoms with E-state index in [1.807, 2.05) is 6.92 Å². The van der Waals surface area contributed by atoms with Crippen molar-refractivity contribution in [1.29, 1.82) is 0 Å². The molecule has 3 nitrogen and oxygen atoms in total. The Kier molecular flexibility index (Phi) is 3.07. The predicted octanol–water partition coefficient (Wildman–Crippen LogP) is 3.66. The summed E-state index contributed by atoms with van der Waals surface area (Å²) >= 11 is 0. The van der Waals surface area contributed by atoms with Crippen molar-refractivity contribution < 1.29 is 14.9 Å². The first kappa shape index (κ1) is 16.1. The topological polar surface area (TPSA) is 53.0 Å². The van der Waals surface area contributed by atoms with Gasteiger partial charge in [0, 0.05) is 10.8 Å². The molecule has 5 aliphatic rings. The van der Waals surface area contributed by atoms with E-state index in [2.05, 4.69) is 13.8 Å². The number of fused-ring (bicyclic) bond motifs is 3. The van der Waals surface area contributed by atoms with E-state index in [0.717, 1.165) is 18.8 Å². The van der Waals surface area contributed by atoms with E-state index in [1.165, 1.54) is 38.5 Å². The standard InChI is InChI=1S/C21H34O3/c1-4-20(23)16(22)11-15-14-9-8-13-7-5-6-10-18(13,2)21(14)17(24-21)12-19(15,20)3/h13-17,22-23H,4-12H2,1-3H3/t13?,14-,15-,16?,17?,18-,19-,20+,21-/m0/s1. The number of hydrogen-bond acceptors (Lipinski definition) is 3. The lowest BCUT2D eigenvalue weighted by molar-refractivity contribution is -0.155. The highest BCUT2D eigenvalue weighted by molar-refractivity contribution is 5.29. The van der Waals surface area contributed by atoms with E-state index >= 15 is 0 Å². The maximum atomic E-state index is 11.3. The second-order valence-electron chi connectivity index (χ2n) is 10.2. The molecule has 1 heterocycles. The van der Waals surface area contributed by atoms with Gasteiger partial charge >= 0.3 is 0 Å². The summed E-state index contributed by atoms with van der Waals surface area (Å²) in [6.07, 6.45) is 10.1. The highest BCUT2D eigenvalue weighted by Crippen LogP contribution is 2.77. The van der Waals surface area contributed by atoms with Gasteiger partial charge in [-0.25, -0.2) is 0 Å². The normalized spacial score (nSPS) is 64.6. The number of epoxide rings is 1. The third kappa shape index (κ3) is 1.49. The van der Waals surface area contributed by atoms with Crippen LogP contribution in [0.4, 0.5) is 0 Å². The fourth-order valence-electron chi connectivity index (χ4n) is 8.48. The molecule has 3 heteroatoms. The Morgan fingerprint density at radius 3 is 2.58 bits per heavy atom. The van der Waals surface area contributed by atoms with E-state index < -0.39 is 11.7 Å². The first-order chi connectivity index (χ1) is 11.3. The second kappa shape index (κ2) is 4.58. The summed E-state index contributed by atoms with van der Waals surface area (Å²) in [5, 5.41) is 22.1. The molecule has 0 radical (unpaired) electrons. The van der Waals surface area contributed by atoms with E-state index in [4.69, 9.17) is 4.74 Å². The highest BCUT2D eigenvalue weighted by atomic mass is 16.6. The second-order valence-corrected chi connectivity index (χ2v) is 10.2. The van der Waals surface area contributed by atoms with Crippen LogP contribution in [0.5, 0.6) is 0 Å². The molecule has 0 bridgehead atoms. The maximum Gasteiger partial charge on any atom is 0.103 e. The fraction of sp³-hybridized carbons (Fsp3) is 1.00. The smallest absolute Gasteiger partial charge is 0.103 e. The van der Waals surface area contributed by atoms with E-state index in [-0.39, 0.29) is 11.0 Å². The third-order valence-electron chi connectivity index (χ3n) is 9.90. The van der Waals surface area contributed by atoms with Crippen LogP contribution >= 0.6 is 0 Å². The molecule has 9 atom stereocenters. The van der Waals surface area contributed by atoms with Crippen LogP contribution in [-0.4, -0.2) is 33.6 Å². The van der Waals surface area contributed by atoms with Crippen molar-refractivity contribution in [2.45, 2.75) is 102 Å². The van der Waals surface area contributed by atoms with Gasteiger partial charge in [0.1, 0.15) is 5.60 Å². The van der Waals surface area contributed by atoms with Gasteiger partial charge in [-0.3, -0.25) is 0 Å². The van der Waals surface area contributed by atoms with Crippen LogP contribution in [-0.2, 0) is 4.74 Å². The van der Waals surface area contributed by atoms with E-state index in [1.54, 1.807) is 0 Å². The number of ether oxygens (including phenoxy) is 1. The van der Waals surface area contributed by atoms with Crippen molar-refractivity contribution in [3.05, 3.63) is 0 Å². The Morgan fingerprint density at radius 2 is 1.83 bits per heavy atom. The average molecular weight is 334 g/mol. The van der Waals surface area contributed by atoms with Gasteiger partial charge in [0.05, 0.1) is 17.8 Å². The highest BCUT2D eigenvalue weighted by Gasteiger charge is 2.81. The molecule has 2 N–H and O–H groups in total. The van der Waals surface area contributed by atoms with Gasteiger partial charge in [-0.15, -0.1) is 0 Å². The monoisotopic (exact) mass is 334 g/mol. The molecule has 24 heavy (non-hydrogen) atoms. The van der Waals surface area contributed by atoms with Gasteiger partial charge in [0.15, 0.2) is 0 Å². The molecule has 1 spiro atoms. The van der Waals surface area contributed by atoms with Crippen molar-refractivity contribution in [2.75, 3.05) is 0 Å². The number of aliphatic hydroxyl groups excluding tert-OH is 1. The minimum atomic E-state index is -0.930. The van der Waals surface area contributed by atoms with Crippen molar-refractivity contribution in [1.82, 2.24) is 0 Å². The maximum absolute atomic E-state index is 11.3. The van der Waals surface area contributed by atoms with Crippen molar-refractivity contribution in [2.24, 2.45) is 28.6 Å². The summed E-state index contributed by atoms with van der Waals surface area (Å²) in [6, 6.07) is 0. The first-order valence-corrected chi connectivity index (χ1v) is 10.4. The molecule has 4 aliphatic carbocycles. The van der Waals surface area contributed by atoms with Gasteiger partial charge in [0.2, 0.25) is 0 Å². The Morgan fingerprint density at radius 1 is 1.04 bits per heavy atom. The molecule has 0 amide bonds. The molecule has 136 valence electrons. The van der Waals surface area contributed by atoms with E-state index in [0.29, 0.717) is 29.8 Å². The van der Waals surface area contributed by atoms with Crippen molar-refractivity contribution in [3.8, 4) is 0 Å². The van der Waals surface area contributed by atoms with Crippen molar-refractivity contribution in [3.63, 3.8) is 0 Å². The average Bonchev–Trinajstić information content (AvgIpc) is 3.24. The molecule has 5 fully saturated rings. The predicted molar refractivity (Wildman–Crippen MR) is 92.5 cm³/mol. The summed E-state index contributed by atoms with van der Waals surface area (Å²) in [4.78, 5) is 0. The summed E-state index contributed by atoms with van der Waals surface area (Å²) in [5.41, 5.74) is -0.717. The molecule has 0 aromatic carbocycles. The van der Waals surface area contributed by atoms with Crippen molar-refractivity contribution >= 4 is 0 Å². The van der Waals surface area contributed by atoms with Gasteiger partial charge in [0.25, 0.3) is 0 Å². The van der Waals surface area contributed by atoms with Gasteiger partial charge in [-0.1, -0.05) is 33.6 Å². The van der Waals surface area contributed by atoms with Crippen LogP contribution in [0.1, 0.15) is 78.6 Å². The number of rotatable bonds is 1. The first-order valence-electron chi connectivity index (χ1n) is 10.4. The Hall–Kier alpha value is -0.120. The molecule has 0 aromatic heterocycles. The summed E-state index contributed by atoms with van der Waals surface area (Å²) in [5.74, 6) is 1.78.